The summed E-state index contributed by atoms with van der Waals surface area (Å²) in [6.45, 7) is 5.91. The number of carboxylic acid groups (broad SMARTS) is 1. The minimum atomic E-state index is -3.94. The molecule has 1 atom stereocenters. The number of nitrogens with zero attached hydrogens (tertiary/aromatic N) is 1. The first kappa shape index (κ1) is 25.1. The van der Waals surface area contributed by atoms with Gasteiger partial charge in [0.15, 0.2) is 0 Å². The fourth-order valence-corrected chi connectivity index (χ4v) is 5.38. The van der Waals surface area contributed by atoms with Crippen molar-refractivity contribution in [2.24, 2.45) is 0 Å². The van der Waals surface area contributed by atoms with Crippen molar-refractivity contribution in [2.45, 2.75) is 23.8 Å². The summed E-state index contributed by atoms with van der Waals surface area (Å²) in [4.78, 5) is 14.3. The van der Waals surface area contributed by atoms with Crippen LogP contribution in [-0.2, 0) is 21.2 Å². The van der Waals surface area contributed by atoms with Gasteiger partial charge in [-0.05, 0) is 53.4 Å². The van der Waals surface area contributed by atoms with E-state index in [1.807, 2.05) is 36.4 Å². The summed E-state index contributed by atoms with van der Waals surface area (Å²) in [6.07, 6.45) is 0.994. The standard InChI is InChI=1S/C26H31N3O5S/c30-26(31)25(28-35(32,33)24-5-2-1-3-6-24)18-20-7-8-22-19-23(10-9-21(22)17-20)34-16-4-13-29-14-11-27-12-15-29/h1-3,5-10,17,19,25,27-28H,4,11-16,18H2,(H,30,31). The zero-order valence-electron chi connectivity index (χ0n) is 19.5. The lowest BCUT2D eigenvalue weighted by Gasteiger charge is -2.26. The van der Waals surface area contributed by atoms with Crippen LogP contribution in [0.2, 0.25) is 0 Å². The van der Waals surface area contributed by atoms with E-state index in [4.69, 9.17) is 4.74 Å². The monoisotopic (exact) mass is 497 g/mol. The quantitative estimate of drug-likeness (QED) is 0.349. The molecule has 3 N–H and O–H groups in total. The topological polar surface area (TPSA) is 108 Å². The number of aliphatic carboxylic acids is 1. The molecular weight excluding hydrogens is 466 g/mol. The Morgan fingerprint density at radius 3 is 2.49 bits per heavy atom. The highest BCUT2D eigenvalue weighted by atomic mass is 32.2. The van der Waals surface area contributed by atoms with Gasteiger partial charge in [-0.25, -0.2) is 8.42 Å². The van der Waals surface area contributed by atoms with Gasteiger partial charge in [-0.1, -0.05) is 42.5 Å². The molecule has 1 aliphatic heterocycles. The molecular formula is C26H31N3O5S. The number of carboxylic acids is 1. The van der Waals surface area contributed by atoms with Gasteiger partial charge in [0, 0.05) is 32.7 Å². The number of hydrogen-bond donors (Lipinski definition) is 3. The lowest BCUT2D eigenvalue weighted by molar-refractivity contribution is -0.138. The van der Waals surface area contributed by atoms with Crippen LogP contribution in [0.5, 0.6) is 5.75 Å². The van der Waals surface area contributed by atoms with Gasteiger partial charge in [0.05, 0.1) is 11.5 Å². The fraction of sp³-hybridized carbons (Fsp3) is 0.346. The highest BCUT2D eigenvalue weighted by molar-refractivity contribution is 7.89. The Morgan fingerprint density at radius 2 is 1.74 bits per heavy atom. The number of benzene rings is 3. The molecule has 1 unspecified atom stereocenters. The summed E-state index contributed by atoms with van der Waals surface area (Å²) in [5.41, 5.74) is 0.727. The van der Waals surface area contributed by atoms with Crippen molar-refractivity contribution < 1.29 is 23.1 Å². The Morgan fingerprint density at radius 1 is 1.03 bits per heavy atom. The van der Waals surface area contributed by atoms with E-state index in [9.17, 15) is 18.3 Å². The number of fused-ring (bicyclic) bond motifs is 1. The minimum Gasteiger partial charge on any atom is -0.494 e. The molecule has 8 nitrogen and oxygen atoms in total. The first-order chi connectivity index (χ1) is 16.9. The molecule has 0 amide bonds. The molecule has 0 spiro atoms. The highest BCUT2D eigenvalue weighted by Gasteiger charge is 2.25. The number of ether oxygens (including phenoxy) is 1. The zero-order valence-corrected chi connectivity index (χ0v) is 20.3. The Balaban J connectivity index is 1.37. The third-order valence-electron chi connectivity index (χ3n) is 6.06. The summed E-state index contributed by atoms with van der Waals surface area (Å²) in [7, 11) is -3.94. The van der Waals surface area contributed by atoms with E-state index in [0.717, 1.165) is 61.2 Å². The van der Waals surface area contributed by atoms with Crippen molar-refractivity contribution in [3.05, 3.63) is 72.3 Å². The smallest absolute Gasteiger partial charge is 0.322 e. The fourth-order valence-electron chi connectivity index (χ4n) is 4.17. The van der Waals surface area contributed by atoms with E-state index in [2.05, 4.69) is 14.9 Å². The average molecular weight is 498 g/mol. The van der Waals surface area contributed by atoms with E-state index >= 15 is 0 Å². The van der Waals surface area contributed by atoms with Gasteiger partial charge in [0.2, 0.25) is 10.0 Å². The molecule has 9 heteroatoms. The Labute approximate surface area is 206 Å². The molecule has 1 aliphatic rings. The summed E-state index contributed by atoms with van der Waals surface area (Å²) < 4.78 is 33.4. The molecule has 1 saturated heterocycles. The largest absolute Gasteiger partial charge is 0.494 e. The first-order valence-corrected chi connectivity index (χ1v) is 13.3. The predicted molar refractivity (Wildman–Crippen MR) is 135 cm³/mol. The van der Waals surface area contributed by atoms with Crippen LogP contribution >= 0.6 is 0 Å². The molecule has 0 aromatic heterocycles. The second-order valence-corrected chi connectivity index (χ2v) is 10.4. The number of sulfonamides is 1. The average Bonchev–Trinajstić information content (AvgIpc) is 2.87. The first-order valence-electron chi connectivity index (χ1n) is 11.8. The minimum absolute atomic E-state index is 0.0294. The number of carbonyl (C=O) groups is 1. The van der Waals surface area contributed by atoms with Gasteiger partial charge in [-0.2, -0.15) is 4.72 Å². The van der Waals surface area contributed by atoms with Crippen LogP contribution in [0.4, 0.5) is 0 Å². The van der Waals surface area contributed by atoms with Gasteiger partial charge in [-0.15, -0.1) is 0 Å². The van der Waals surface area contributed by atoms with Crippen molar-refractivity contribution in [1.29, 1.82) is 0 Å². The number of piperazine rings is 1. The van der Waals surface area contributed by atoms with Crippen LogP contribution in [0.3, 0.4) is 0 Å². The van der Waals surface area contributed by atoms with Crippen molar-refractivity contribution in [1.82, 2.24) is 14.9 Å². The Kier molecular flexibility index (Phi) is 8.35. The van der Waals surface area contributed by atoms with E-state index in [1.165, 1.54) is 12.1 Å². The predicted octanol–water partition coefficient (Wildman–Crippen LogP) is 2.49. The van der Waals surface area contributed by atoms with Gasteiger partial charge in [0.25, 0.3) is 0 Å². The van der Waals surface area contributed by atoms with Crippen molar-refractivity contribution in [3.8, 4) is 5.75 Å². The van der Waals surface area contributed by atoms with Crippen LogP contribution < -0.4 is 14.8 Å². The van der Waals surface area contributed by atoms with Crippen LogP contribution in [0.25, 0.3) is 10.8 Å². The van der Waals surface area contributed by atoms with E-state index in [1.54, 1.807) is 18.2 Å². The second kappa shape index (κ2) is 11.6. The highest BCUT2D eigenvalue weighted by Crippen LogP contribution is 2.23. The van der Waals surface area contributed by atoms with Crippen LogP contribution in [0.1, 0.15) is 12.0 Å². The molecule has 0 aliphatic carbocycles. The molecule has 3 aromatic carbocycles. The lowest BCUT2D eigenvalue weighted by atomic mass is 10.0. The van der Waals surface area contributed by atoms with E-state index in [-0.39, 0.29) is 11.3 Å². The maximum Gasteiger partial charge on any atom is 0.322 e. The number of rotatable bonds is 11. The maximum absolute atomic E-state index is 12.6. The third kappa shape index (κ3) is 7.02. The van der Waals surface area contributed by atoms with E-state index < -0.39 is 22.0 Å². The molecule has 0 bridgehead atoms. The van der Waals surface area contributed by atoms with Gasteiger partial charge in [-0.3, -0.25) is 4.79 Å². The summed E-state index contributed by atoms with van der Waals surface area (Å²) in [5, 5.41) is 14.9. The summed E-state index contributed by atoms with van der Waals surface area (Å²) in [6, 6.07) is 17.9. The summed E-state index contributed by atoms with van der Waals surface area (Å²) >= 11 is 0. The number of hydrogen-bond acceptors (Lipinski definition) is 6. The second-order valence-electron chi connectivity index (χ2n) is 8.67. The SMILES string of the molecule is O=C(O)C(Cc1ccc2cc(OCCCN3CCNCC3)ccc2c1)NS(=O)(=O)c1ccccc1. The molecule has 0 saturated carbocycles. The Hall–Kier alpha value is -2.98. The van der Waals surface area contributed by atoms with Crippen molar-refractivity contribution in [2.75, 3.05) is 39.3 Å². The normalized spacial score (nSPS) is 15.7. The van der Waals surface area contributed by atoms with Crippen molar-refractivity contribution >= 4 is 26.8 Å². The van der Waals surface area contributed by atoms with Crippen LogP contribution in [0, 0.1) is 0 Å². The Bertz CT molecular complexity index is 1240. The maximum atomic E-state index is 12.6. The molecule has 4 rings (SSSR count). The molecule has 1 heterocycles. The zero-order chi connectivity index (χ0) is 24.7. The van der Waals surface area contributed by atoms with E-state index in [0.29, 0.717) is 6.61 Å². The van der Waals surface area contributed by atoms with Crippen molar-refractivity contribution in [3.63, 3.8) is 0 Å². The van der Waals surface area contributed by atoms with Gasteiger partial charge >= 0.3 is 5.97 Å². The molecule has 1 fully saturated rings. The van der Waals surface area contributed by atoms with Gasteiger partial charge < -0.3 is 20.1 Å². The number of nitrogens with one attached hydrogen (secondary N) is 2. The van der Waals surface area contributed by atoms with Crippen LogP contribution in [0.15, 0.2) is 71.6 Å². The molecule has 0 radical (unpaired) electrons. The van der Waals surface area contributed by atoms with Crippen LogP contribution in [-0.4, -0.2) is 69.8 Å². The summed E-state index contributed by atoms with van der Waals surface area (Å²) in [5.74, 6) is -0.432. The third-order valence-corrected chi connectivity index (χ3v) is 7.55. The molecule has 3 aromatic rings. The molecule has 35 heavy (non-hydrogen) atoms. The lowest BCUT2D eigenvalue weighted by Crippen LogP contribution is -2.43. The molecule has 186 valence electrons. The van der Waals surface area contributed by atoms with Gasteiger partial charge in [0.1, 0.15) is 11.8 Å².